The third-order valence-corrected chi connectivity index (χ3v) is 2.81. The maximum atomic E-state index is 11.1. The number of aliphatic carboxylic acids is 1. The lowest BCUT2D eigenvalue weighted by Crippen LogP contribution is -2.21. The first-order chi connectivity index (χ1) is 8.65. The molecule has 4 nitrogen and oxygen atoms in total. The molecule has 0 aliphatic heterocycles. The zero-order valence-electron chi connectivity index (χ0n) is 10.1. The first-order valence-electron chi connectivity index (χ1n) is 5.78. The molecular formula is C14H15NO3. The lowest BCUT2D eigenvalue weighted by atomic mass is 9.98. The second kappa shape index (κ2) is 5.06. The second-order valence-corrected chi connectivity index (χ2v) is 3.95. The second-order valence-electron chi connectivity index (χ2n) is 3.95. The number of ether oxygens (including phenoxy) is 1. The minimum Gasteiger partial charge on any atom is -0.493 e. The van der Waals surface area contributed by atoms with Gasteiger partial charge in [0.2, 0.25) is 0 Å². The van der Waals surface area contributed by atoms with Gasteiger partial charge in [-0.2, -0.15) is 0 Å². The van der Waals surface area contributed by atoms with Crippen molar-refractivity contribution in [1.29, 1.82) is 0 Å². The molecule has 4 heteroatoms. The highest BCUT2D eigenvalue weighted by atomic mass is 16.5. The van der Waals surface area contributed by atoms with Crippen molar-refractivity contribution in [3.63, 3.8) is 0 Å². The van der Waals surface area contributed by atoms with Crippen LogP contribution in [-0.2, 0) is 4.79 Å². The molecule has 0 radical (unpaired) electrons. The summed E-state index contributed by atoms with van der Waals surface area (Å²) in [6, 6.07) is 10.1. The summed E-state index contributed by atoms with van der Waals surface area (Å²) in [5.74, 6) is -0.529. The number of carboxylic acids is 1. The average molecular weight is 245 g/mol. The Kier molecular flexibility index (Phi) is 3.48. The van der Waals surface area contributed by atoms with Gasteiger partial charge >= 0.3 is 5.97 Å². The summed E-state index contributed by atoms with van der Waals surface area (Å²) in [6.45, 7) is 2.32. The van der Waals surface area contributed by atoms with Gasteiger partial charge in [-0.15, -0.1) is 0 Å². The zero-order chi connectivity index (χ0) is 13.1. The Balaban J connectivity index is 2.69. The number of rotatable bonds is 4. The first kappa shape index (κ1) is 12.4. The summed E-state index contributed by atoms with van der Waals surface area (Å²) < 4.78 is 5.47. The Morgan fingerprint density at radius 3 is 2.72 bits per heavy atom. The van der Waals surface area contributed by atoms with Crippen LogP contribution in [0, 0.1) is 0 Å². The molecule has 0 fully saturated rings. The summed E-state index contributed by atoms with van der Waals surface area (Å²) in [5, 5.41) is 10.9. The molecule has 18 heavy (non-hydrogen) atoms. The molecule has 1 unspecified atom stereocenters. The van der Waals surface area contributed by atoms with Gasteiger partial charge in [-0.05, 0) is 23.8 Å². The van der Waals surface area contributed by atoms with Crippen molar-refractivity contribution in [3.05, 3.63) is 42.0 Å². The molecule has 94 valence electrons. The molecule has 0 aliphatic carbocycles. The van der Waals surface area contributed by atoms with E-state index in [-0.39, 0.29) is 0 Å². The molecule has 0 heterocycles. The molecule has 1 atom stereocenters. The highest BCUT2D eigenvalue weighted by Gasteiger charge is 2.21. The van der Waals surface area contributed by atoms with Crippen LogP contribution >= 0.6 is 0 Å². The molecule has 0 saturated heterocycles. The van der Waals surface area contributed by atoms with Gasteiger partial charge in [0.1, 0.15) is 11.8 Å². The number of fused-ring (bicyclic) bond motifs is 1. The molecule has 2 aromatic carbocycles. The highest BCUT2D eigenvalue weighted by molar-refractivity contribution is 5.92. The van der Waals surface area contributed by atoms with Crippen molar-refractivity contribution in [1.82, 2.24) is 0 Å². The van der Waals surface area contributed by atoms with E-state index in [1.807, 2.05) is 37.3 Å². The predicted octanol–water partition coefficient (Wildman–Crippen LogP) is 2.32. The van der Waals surface area contributed by atoms with Crippen LogP contribution in [0.5, 0.6) is 5.75 Å². The monoisotopic (exact) mass is 245 g/mol. The minimum atomic E-state index is -1.09. The lowest BCUT2D eigenvalue weighted by Gasteiger charge is -2.16. The number of carbonyl (C=O) groups is 1. The molecule has 2 aromatic rings. The molecule has 0 aliphatic rings. The van der Waals surface area contributed by atoms with E-state index in [9.17, 15) is 4.79 Å². The van der Waals surface area contributed by atoms with E-state index in [0.717, 1.165) is 10.8 Å². The summed E-state index contributed by atoms with van der Waals surface area (Å²) >= 11 is 0. The fraction of sp³-hybridized carbons (Fsp3) is 0.214. The largest absolute Gasteiger partial charge is 0.493 e. The van der Waals surface area contributed by atoms with Gasteiger partial charge in [0, 0.05) is 5.56 Å². The van der Waals surface area contributed by atoms with E-state index in [2.05, 4.69) is 0 Å². The van der Waals surface area contributed by atoms with Crippen molar-refractivity contribution in [2.75, 3.05) is 6.61 Å². The maximum absolute atomic E-state index is 11.1. The van der Waals surface area contributed by atoms with Gasteiger partial charge in [-0.25, -0.2) is 0 Å². The Morgan fingerprint density at radius 2 is 2.06 bits per heavy atom. The van der Waals surface area contributed by atoms with Gasteiger partial charge in [0.15, 0.2) is 0 Å². The third-order valence-electron chi connectivity index (χ3n) is 2.81. The van der Waals surface area contributed by atoms with E-state index in [4.69, 9.17) is 15.6 Å². The Hall–Kier alpha value is -2.07. The maximum Gasteiger partial charge on any atom is 0.325 e. The molecule has 2 rings (SSSR count). The number of hydrogen-bond donors (Lipinski definition) is 2. The average Bonchev–Trinajstić information content (AvgIpc) is 2.38. The zero-order valence-corrected chi connectivity index (χ0v) is 10.1. The summed E-state index contributed by atoms with van der Waals surface area (Å²) in [4.78, 5) is 11.1. The van der Waals surface area contributed by atoms with E-state index in [0.29, 0.717) is 17.9 Å². The topological polar surface area (TPSA) is 72.5 Å². The van der Waals surface area contributed by atoms with Gasteiger partial charge in [-0.3, -0.25) is 4.79 Å². The SMILES string of the molecule is CCOc1ccc2ccccc2c1C(N)C(=O)O. The number of hydrogen-bond acceptors (Lipinski definition) is 3. The summed E-state index contributed by atoms with van der Waals surface area (Å²) in [7, 11) is 0. The molecular weight excluding hydrogens is 230 g/mol. The Morgan fingerprint density at radius 1 is 1.33 bits per heavy atom. The standard InChI is InChI=1S/C14H15NO3/c1-2-18-11-8-7-9-5-3-4-6-10(9)12(11)13(15)14(16)17/h3-8,13H,2,15H2,1H3,(H,16,17). The molecule has 3 N–H and O–H groups in total. The van der Waals surface area contributed by atoms with Crippen LogP contribution in [0.25, 0.3) is 10.8 Å². The van der Waals surface area contributed by atoms with Crippen molar-refractivity contribution >= 4 is 16.7 Å². The fourth-order valence-electron chi connectivity index (χ4n) is 2.00. The van der Waals surface area contributed by atoms with E-state index in [1.54, 1.807) is 6.07 Å². The quantitative estimate of drug-likeness (QED) is 0.867. The van der Waals surface area contributed by atoms with Gasteiger partial charge < -0.3 is 15.6 Å². The van der Waals surface area contributed by atoms with Gasteiger partial charge in [0.25, 0.3) is 0 Å². The minimum absolute atomic E-state index is 0.470. The molecule has 0 saturated carbocycles. The highest BCUT2D eigenvalue weighted by Crippen LogP contribution is 2.32. The van der Waals surface area contributed by atoms with Crippen LogP contribution in [0.2, 0.25) is 0 Å². The van der Waals surface area contributed by atoms with Crippen molar-refractivity contribution in [2.45, 2.75) is 13.0 Å². The van der Waals surface area contributed by atoms with Crippen LogP contribution < -0.4 is 10.5 Å². The third kappa shape index (κ3) is 2.15. The molecule has 0 bridgehead atoms. The molecule has 0 amide bonds. The van der Waals surface area contributed by atoms with Crippen LogP contribution in [0.1, 0.15) is 18.5 Å². The first-order valence-corrected chi connectivity index (χ1v) is 5.78. The van der Waals surface area contributed by atoms with Crippen LogP contribution in [0.15, 0.2) is 36.4 Å². The van der Waals surface area contributed by atoms with E-state index < -0.39 is 12.0 Å². The Labute approximate surface area is 105 Å². The van der Waals surface area contributed by atoms with Crippen LogP contribution in [0.3, 0.4) is 0 Å². The van der Waals surface area contributed by atoms with Crippen molar-refractivity contribution in [3.8, 4) is 5.75 Å². The van der Waals surface area contributed by atoms with Gasteiger partial charge in [0.05, 0.1) is 6.61 Å². The fourth-order valence-corrected chi connectivity index (χ4v) is 2.00. The molecule has 0 spiro atoms. The summed E-state index contributed by atoms with van der Waals surface area (Å²) in [6.07, 6.45) is 0. The van der Waals surface area contributed by atoms with Crippen molar-refractivity contribution < 1.29 is 14.6 Å². The predicted molar refractivity (Wildman–Crippen MR) is 69.7 cm³/mol. The normalized spacial score (nSPS) is 12.3. The number of nitrogens with two attached hydrogens (primary N) is 1. The lowest BCUT2D eigenvalue weighted by molar-refractivity contribution is -0.138. The van der Waals surface area contributed by atoms with E-state index in [1.165, 1.54) is 0 Å². The molecule has 0 aromatic heterocycles. The number of carboxylic acid groups (broad SMARTS) is 1. The van der Waals surface area contributed by atoms with Crippen LogP contribution in [-0.4, -0.2) is 17.7 Å². The van der Waals surface area contributed by atoms with E-state index >= 15 is 0 Å². The Bertz CT molecular complexity index is 580. The smallest absolute Gasteiger partial charge is 0.325 e. The van der Waals surface area contributed by atoms with Gasteiger partial charge in [-0.1, -0.05) is 30.3 Å². The van der Waals surface area contributed by atoms with Crippen molar-refractivity contribution in [2.24, 2.45) is 5.73 Å². The number of benzene rings is 2. The summed E-state index contributed by atoms with van der Waals surface area (Å²) in [5.41, 5.74) is 6.29. The van der Waals surface area contributed by atoms with Crippen LogP contribution in [0.4, 0.5) is 0 Å².